The number of carboxylic acid groups (broad SMARTS) is 1. The number of primary amides is 1. The van der Waals surface area contributed by atoms with E-state index in [1.165, 1.54) is 24.3 Å². The number of sulfonamides is 1. The van der Waals surface area contributed by atoms with Crippen molar-refractivity contribution in [2.24, 2.45) is 5.73 Å². The molecule has 0 aliphatic rings. The van der Waals surface area contributed by atoms with E-state index >= 15 is 0 Å². The highest BCUT2D eigenvalue weighted by Gasteiger charge is 2.21. The van der Waals surface area contributed by atoms with Gasteiger partial charge in [-0.2, -0.15) is 0 Å². The summed E-state index contributed by atoms with van der Waals surface area (Å²) in [6, 6.07) is 4.41. The van der Waals surface area contributed by atoms with E-state index in [2.05, 4.69) is 4.72 Å². The average molecular weight is 300 g/mol. The SMILES string of the molecule is CCC(CC(=O)O)NS(=O)(=O)c1ccc(C(N)=O)cc1. The van der Waals surface area contributed by atoms with Crippen molar-refractivity contribution in [2.75, 3.05) is 0 Å². The lowest BCUT2D eigenvalue weighted by Gasteiger charge is -2.15. The zero-order valence-corrected chi connectivity index (χ0v) is 11.7. The second kappa shape index (κ2) is 6.49. The van der Waals surface area contributed by atoms with E-state index in [0.717, 1.165) is 0 Å². The zero-order valence-electron chi connectivity index (χ0n) is 10.9. The molecule has 0 aliphatic carbocycles. The predicted octanol–water partition coefficient (Wildman–Crippen LogP) is 0.317. The summed E-state index contributed by atoms with van der Waals surface area (Å²) < 4.78 is 26.4. The van der Waals surface area contributed by atoms with Gasteiger partial charge in [0.15, 0.2) is 0 Å². The smallest absolute Gasteiger partial charge is 0.304 e. The Hall–Kier alpha value is -1.93. The van der Waals surface area contributed by atoms with Crippen molar-refractivity contribution in [1.82, 2.24) is 4.72 Å². The molecular weight excluding hydrogens is 284 g/mol. The lowest BCUT2D eigenvalue weighted by molar-refractivity contribution is -0.137. The number of nitrogens with two attached hydrogens (primary N) is 1. The molecule has 0 radical (unpaired) electrons. The Morgan fingerprint density at radius 3 is 2.25 bits per heavy atom. The summed E-state index contributed by atoms with van der Waals surface area (Å²) in [6.07, 6.45) is 0.0556. The molecule has 1 aromatic carbocycles. The maximum absolute atomic E-state index is 12.0. The van der Waals surface area contributed by atoms with Crippen molar-refractivity contribution in [1.29, 1.82) is 0 Å². The van der Waals surface area contributed by atoms with Gasteiger partial charge >= 0.3 is 5.97 Å². The quantitative estimate of drug-likeness (QED) is 0.668. The molecule has 7 nitrogen and oxygen atoms in total. The Labute approximate surface area is 116 Å². The summed E-state index contributed by atoms with van der Waals surface area (Å²) in [6.45, 7) is 1.69. The van der Waals surface area contributed by atoms with Crippen molar-refractivity contribution >= 4 is 21.9 Å². The minimum atomic E-state index is -3.83. The fourth-order valence-electron chi connectivity index (χ4n) is 1.57. The van der Waals surface area contributed by atoms with Crippen LogP contribution in [0.4, 0.5) is 0 Å². The van der Waals surface area contributed by atoms with Crippen LogP contribution in [-0.4, -0.2) is 31.4 Å². The van der Waals surface area contributed by atoms with Crippen LogP contribution in [0.15, 0.2) is 29.2 Å². The number of hydrogen-bond acceptors (Lipinski definition) is 4. The van der Waals surface area contributed by atoms with Crippen LogP contribution in [0, 0.1) is 0 Å². The van der Waals surface area contributed by atoms with E-state index in [4.69, 9.17) is 10.8 Å². The highest BCUT2D eigenvalue weighted by molar-refractivity contribution is 7.89. The van der Waals surface area contributed by atoms with Gasteiger partial charge in [0.25, 0.3) is 0 Å². The minimum absolute atomic E-state index is 0.0497. The maximum atomic E-state index is 12.0. The van der Waals surface area contributed by atoms with Gasteiger partial charge in [0, 0.05) is 11.6 Å². The van der Waals surface area contributed by atoms with Gasteiger partial charge in [0.1, 0.15) is 0 Å². The first-order valence-electron chi connectivity index (χ1n) is 5.90. The van der Waals surface area contributed by atoms with Crippen LogP contribution in [0.3, 0.4) is 0 Å². The van der Waals surface area contributed by atoms with Crippen molar-refractivity contribution in [3.05, 3.63) is 29.8 Å². The molecule has 0 fully saturated rings. The van der Waals surface area contributed by atoms with E-state index < -0.39 is 27.9 Å². The second-order valence-corrected chi connectivity index (χ2v) is 5.93. The minimum Gasteiger partial charge on any atom is -0.481 e. The molecule has 0 saturated heterocycles. The Kier molecular flexibility index (Phi) is 5.23. The molecule has 1 unspecified atom stereocenters. The van der Waals surface area contributed by atoms with Gasteiger partial charge < -0.3 is 10.8 Å². The molecule has 0 saturated carbocycles. The second-order valence-electron chi connectivity index (χ2n) is 4.21. The van der Waals surface area contributed by atoms with Gasteiger partial charge in [0.05, 0.1) is 11.3 Å². The van der Waals surface area contributed by atoms with E-state index in [1.807, 2.05) is 0 Å². The first-order chi connectivity index (χ1) is 9.26. The number of rotatable bonds is 7. The van der Waals surface area contributed by atoms with Gasteiger partial charge in [-0.1, -0.05) is 6.92 Å². The number of nitrogens with one attached hydrogen (secondary N) is 1. The van der Waals surface area contributed by atoms with Gasteiger partial charge in [-0.25, -0.2) is 13.1 Å². The Morgan fingerprint density at radius 1 is 1.30 bits per heavy atom. The van der Waals surface area contributed by atoms with Crippen LogP contribution >= 0.6 is 0 Å². The molecule has 8 heteroatoms. The lowest BCUT2D eigenvalue weighted by atomic mass is 10.2. The number of carbonyl (C=O) groups is 2. The molecule has 0 spiro atoms. The summed E-state index contributed by atoms with van der Waals surface area (Å²) in [4.78, 5) is 21.5. The van der Waals surface area contributed by atoms with Crippen LogP contribution in [0.25, 0.3) is 0 Å². The molecule has 1 rings (SSSR count). The van der Waals surface area contributed by atoms with Crippen LogP contribution in [0.5, 0.6) is 0 Å². The summed E-state index contributed by atoms with van der Waals surface area (Å²) in [5.74, 6) is -1.73. The third-order valence-corrected chi connectivity index (χ3v) is 4.22. The number of carbonyl (C=O) groups excluding carboxylic acids is 1. The van der Waals surface area contributed by atoms with E-state index in [9.17, 15) is 18.0 Å². The van der Waals surface area contributed by atoms with E-state index in [-0.39, 0.29) is 16.9 Å². The molecule has 0 aliphatic heterocycles. The van der Waals surface area contributed by atoms with Crippen LogP contribution < -0.4 is 10.5 Å². The number of hydrogen-bond donors (Lipinski definition) is 3. The summed E-state index contributed by atoms with van der Waals surface area (Å²) >= 11 is 0. The first kappa shape index (κ1) is 16.1. The van der Waals surface area contributed by atoms with Gasteiger partial charge in [-0.15, -0.1) is 0 Å². The molecule has 0 heterocycles. The number of amides is 1. The van der Waals surface area contributed by atoms with E-state index in [1.54, 1.807) is 6.92 Å². The summed E-state index contributed by atoms with van der Waals surface area (Å²) in [5, 5.41) is 8.69. The van der Waals surface area contributed by atoms with Crippen molar-refractivity contribution in [3.63, 3.8) is 0 Å². The van der Waals surface area contributed by atoms with Crippen LogP contribution in [0.1, 0.15) is 30.1 Å². The first-order valence-corrected chi connectivity index (χ1v) is 7.38. The Morgan fingerprint density at radius 2 is 1.85 bits per heavy atom. The fourth-order valence-corrected chi connectivity index (χ4v) is 2.89. The molecule has 1 atom stereocenters. The van der Waals surface area contributed by atoms with Crippen molar-refractivity contribution in [2.45, 2.75) is 30.7 Å². The van der Waals surface area contributed by atoms with Crippen molar-refractivity contribution < 1.29 is 23.1 Å². The number of carboxylic acids is 1. The molecular formula is C12H16N2O5S. The van der Waals surface area contributed by atoms with Crippen LogP contribution in [-0.2, 0) is 14.8 Å². The third-order valence-electron chi connectivity index (χ3n) is 2.68. The van der Waals surface area contributed by atoms with Gasteiger partial charge in [-0.05, 0) is 30.7 Å². The standard InChI is InChI=1S/C12H16N2O5S/c1-2-9(7-11(15)16)14-20(18,19)10-5-3-8(4-6-10)12(13)17/h3-6,9,14H,2,7H2,1H3,(H2,13,17)(H,15,16). The lowest BCUT2D eigenvalue weighted by Crippen LogP contribution is -2.36. The van der Waals surface area contributed by atoms with Gasteiger partial charge in [-0.3, -0.25) is 9.59 Å². The van der Waals surface area contributed by atoms with Gasteiger partial charge in [0.2, 0.25) is 15.9 Å². The number of benzene rings is 1. The summed E-state index contributed by atoms with van der Waals surface area (Å²) in [5.41, 5.74) is 5.26. The molecule has 0 aromatic heterocycles. The molecule has 0 bridgehead atoms. The molecule has 4 N–H and O–H groups in total. The molecule has 1 amide bonds. The highest BCUT2D eigenvalue weighted by atomic mass is 32.2. The maximum Gasteiger partial charge on any atom is 0.304 e. The molecule has 110 valence electrons. The Balaban J connectivity index is 2.92. The van der Waals surface area contributed by atoms with E-state index in [0.29, 0.717) is 6.42 Å². The number of aliphatic carboxylic acids is 1. The Bertz CT molecular complexity index is 595. The summed E-state index contributed by atoms with van der Waals surface area (Å²) in [7, 11) is -3.83. The fraction of sp³-hybridized carbons (Fsp3) is 0.333. The third kappa shape index (κ3) is 4.32. The normalized spacial score (nSPS) is 12.8. The highest BCUT2D eigenvalue weighted by Crippen LogP contribution is 2.12. The molecule has 1 aromatic rings. The van der Waals surface area contributed by atoms with Crippen molar-refractivity contribution in [3.8, 4) is 0 Å². The predicted molar refractivity (Wildman–Crippen MR) is 71.6 cm³/mol. The zero-order chi connectivity index (χ0) is 15.3. The van der Waals surface area contributed by atoms with Crippen LogP contribution in [0.2, 0.25) is 0 Å². The topological polar surface area (TPSA) is 127 Å². The average Bonchev–Trinajstić information content (AvgIpc) is 2.37. The monoisotopic (exact) mass is 300 g/mol. The molecule has 20 heavy (non-hydrogen) atoms. The largest absolute Gasteiger partial charge is 0.481 e.